The van der Waals surface area contributed by atoms with E-state index in [0.717, 1.165) is 24.8 Å². The van der Waals surface area contributed by atoms with Gasteiger partial charge in [0.1, 0.15) is 17.0 Å². The van der Waals surface area contributed by atoms with Gasteiger partial charge in [-0.15, -0.1) is 0 Å². The van der Waals surface area contributed by atoms with Gasteiger partial charge in [0.05, 0.1) is 48.2 Å². The smallest absolute Gasteiger partial charge is 0.223 e. The zero-order chi connectivity index (χ0) is 24.7. The average Bonchev–Trinajstić information content (AvgIpc) is 2.83. The van der Waals surface area contributed by atoms with E-state index in [4.69, 9.17) is 47.4 Å². The predicted octanol–water partition coefficient (Wildman–Crippen LogP) is 4.18. The van der Waals surface area contributed by atoms with Crippen molar-refractivity contribution < 1.29 is 19.3 Å². The zero-order valence-corrected chi connectivity index (χ0v) is 21.3. The van der Waals surface area contributed by atoms with Crippen LogP contribution in [0.2, 0.25) is 10.0 Å². The third kappa shape index (κ3) is 4.65. The number of benzene rings is 1. The summed E-state index contributed by atoms with van der Waals surface area (Å²) in [6.45, 7) is 4.04. The van der Waals surface area contributed by atoms with Gasteiger partial charge < -0.3 is 29.5 Å². The molecule has 186 valence electrons. The molecule has 0 spiro atoms. The van der Waals surface area contributed by atoms with Crippen molar-refractivity contribution in [2.24, 2.45) is 0 Å². The molecule has 2 N–H and O–H groups in total. The third-order valence-electron chi connectivity index (χ3n) is 6.23. The monoisotopic (exact) mass is 519 g/mol. The highest BCUT2D eigenvalue weighted by atomic mass is 35.5. The third-order valence-corrected chi connectivity index (χ3v) is 6.98. The summed E-state index contributed by atoms with van der Waals surface area (Å²) in [6, 6.07) is 3.64. The van der Waals surface area contributed by atoms with Crippen molar-refractivity contribution in [2.45, 2.75) is 31.4 Å². The van der Waals surface area contributed by atoms with Gasteiger partial charge in [0, 0.05) is 42.9 Å². The molecule has 2 aromatic heterocycles. The fourth-order valence-electron chi connectivity index (χ4n) is 4.51. The van der Waals surface area contributed by atoms with Crippen LogP contribution in [-0.4, -0.2) is 72.2 Å². The van der Waals surface area contributed by atoms with Crippen LogP contribution in [-0.2, 0) is 4.74 Å². The summed E-state index contributed by atoms with van der Waals surface area (Å²) in [5, 5.41) is 15.2. The van der Waals surface area contributed by atoms with Crippen LogP contribution < -0.4 is 19.7 Å². The summed E-state index contributed by atoms with van der Waals surface area (Å²) in [5.41, 5.74) is 0.879. The Morgan fingerprint density at radius 1 is 1.14 bits per heavy atom. The van der Waals surface area contributed by atoms with Gasteiger partial charge in [0.2, 0.25) is 5.95 Å². The fourth-order valence-corrected chi connectivity index (χ4v) is 5.21. The second kappa shape index (κ2) is 9.46. The summed E-state index contributed by atoms with van der Waals surface area (Å²) >= 11 is 13.4. The maximum Gasteiger partial charge on any atom is 0.223 e. The maximum absolute atomic E-state index is 10.4. The second-order valence-electron chi connectivity index (χ2n) is 9.16. The topological polar surface area (TPSA) is 102 Å². The minimum absolute atomic E-state index is 0.156. The van der Waals surface area contributed by atoms with Gasteiger partial charge in [-0.1, -0.05) is 23.2 Å². The van der Waals surface area contributed by atoms with Crippen LogP contribution in [0.15, 0.2) is 18.3 Å². The number of ether oxygens (including phenoxy) is 3. The van der Waals surface area contributed by atoms with Crippen LogP contribution in [0, 0.1) is 0 Å². The van der Waals surface area contributed by atoms with E-state index >= 15 is 0 Å². The molecule has 3 aromatic rings. The van der Waals surface area contributed by atoms with Crippen molar-refractivity contribution in [3.63, 3.8) is 0 Å². The van der Waals surface area contributed by atoms with E-state index in [-0.39, 0.29) is 6.04 Å². The highest BCUT2D eigenvalue weighted by Gasteiger charge is 2.38. The molecular weight excluding hydrogens is 493 g/mol. The normalized spacial score (nSPS) is 19.4. The summed E-state index contributed by atoms with van der Waals surface area (Å²) < 4.78 is 16.4. The number of hydrogen-bond donors (Lipinski definition) is 2. The van der Waals surface area contributed by atoms with Gasteiger partial charge >= 0.3 is 0 Å². The predicted molar refractivity (Wildman–Crippen MR) is 136 cm³/mol. The van der Waals surface area contributed by atoms with Gasteiger partial charge in [-0.3, -0.25) is 0 Å². The highest BCUT2D eigenvalue weighted by molar-refractivity contribution is 6.41. The number of halogens is 2. The second-order valence-corrected chi connectivity index (χ2v) is 9.91. The van der Waals surface area contributed by atoms with Crippen molar-refractivity contribution in [1.82, 2.24) is 15.0 Å². The molecule has 4 heterocycles. The summed E-state index contributed by atoms with van der Waals surface area (Å²) in [6.07, 6.45) is 3.74. The number of methoxy groups -OCH3 is 2. The van der Waals surface area contributed by atoms with Gasteiger partial charge in [-0.2, -0.15) is 0 Å². The lowest BCUT2D eigenvalue weighted by Crippen LogP contribution is -2.60. The molecular formula is C24H27Cl2N5O4. The number of nitrogens with one attached hydrogen (secondary N) is 1. The first-order chi connectivity index (χ1) is 16.8. The Labute approximate surface area is 213 Å². The van der Waals surface area contributed by atoms with E-state index in [9.17, 15) is 5.11 Å². The van der Waals surface area contributed by atoms with Crippen LogP contribution >= 0.6 is 23.2 Å². The summed E-state index contributed by atoms with van der Waals surface area (Å²) in [7, 11) is 3.05. The largest absolute Gasteiger partial charge is 0.495 e. The lowest BCUT2D eigenvalue weighted by Gasteiger charge is -2.45. The van der Waals surface area contributed by atoms with Gasteiger partial charge in [-0.25, -0.2) is 15.0 Å². The molecule has 2 aliphatic rings. The minimum atomic E-state index is -0.800. The first-order valence-electron chi connectivity index (χ1n) is 11.4. The van der Waals surface area contributed by atoms with E-state index in [0.29, 0.717) is 69.8 Å². The number of hydrogen-bond acceptors (Lipinski definition) is 9. The lowest BCUT2D eigenvalue weighted by atomic mass is 9.96. The Balaban J connectivity index is 1.63. The van der Waals surface area contributed by atoms with E-state index in [1.807, 2.05) is 11.0 Å². The first-order valence-corrected chi connectivity index (χ1v) is 12.1. The zero-order valence-electron chi connectivity index (χ0n) is 19.8. The summed E-state index contributed by atoms with van der Waals surface area (Å²) in [4.78, 5) is 16.2. The quantitative estimate of drug-likeness (QED) is 0.496. The number of rotatable bonds is 6. The maximum atomic E-state index is 10.4. The molecule has 2 saturated heterocycles. The minimum Gasteiger partial charge on any atom is -0.495 e. The van der Waals surface area contributed by atoms with E-state index in [1.165, 1.54) is 14.2 Å². The van der Waals surface area contributed by atoms with Crippen molar-refractivity contribution in [2.75, 3.05) is 50.7 Å². The molecule has 0 aliphatic carbocycles. The Kier molecular flexibility index (Phi) is 6.52. The van der Waals surface area contributed by atoms with Crippen LogP contribution in [0.1, 0.15) is 19.8 Å². The number of nitrogens with zero attached hydrogens (tertiary/aromatic N) is 4. The number of pyridine rings is 1. The lowest BCUT2D eigenvalue weighted by molar-refractivity contribution is 0.0307. The molecule has 1 aromatic carbocycles. The first kappa shape index (κ1) is 24.1. The number of fused-ring (bicyclic) bond motifs is 1. The SMILES string of the molecule is COc1cc(OC)c(Cl)c(-c2cc3cnc(N[C@H]4CCCOC4)nc3c(N3CC(C)(O)C3)n2)c1Cl. The van der Waals surface area contributed by atoms with E-state index in [1.54, 1.807) is 19.2 Å². The van der Waals surface area contributed by atoms with Crippen molar-refractivity contribution in [3.8, 4) is 22.8 Å². The molecule has 0 radical (unpaired) electrons. The van der Waals surface area contributed by atoms with Gasteiger partial charge in [-0.05, 0) is 25.8 Å². The van der Waals surface area contributed by atoms with Crippen molar-refractivity contribution in [3.05, 3.63) is 28.4 Å². The summed E-state index contributed by atoms with van der Waals surface area (Å²) in [5.74, 6) is 1.96. The number of aromatic nitrogens is 3. The average molecular weight is 520 g/mol. The molecule has 35 heavy (non-hydrogen) atoms. The van der Waals surface area contributed by atoms with Crippen molar-refractivity contribution in [1.29, 1.82) is 0 Å². The van der Waals surface area contributed by atoms with E-state index in [2.05, 4.69) is 10.3 Å². The Hall–Kier alpha value is -2.59. The molecule has 2 fully saturated rings. The molecule has 1 atom stereocenters. The number of β-amino-alcohol motifs (C(OH)–C–C–N with tert-alkyl or cyclic N) is 1. The number of aliphatic hydroxyl groups is 1. The fraction of sp³-hybridized carbons (Fsp3) is 0.458. The molecule has 0 unspecified atom stereocenters. The van der Waals surface area contributed by atoms with Crippen molar-refractivity contribution >= 4 is 45.9 Å². The van der Waals surface area contributed by atoms with E-state index < -0.39 is 5.60 Å². The Bertz CT molecular complexity index is 1230. The van der Waals surface area contributed by atoms with Crippen LogP contribution in [0.5, 0.6) is 11.5 Å². The molecule has 0 saturated carbocycles. The molecule has 0 bridgehead atoms. The standard InChI is InChI=1S/C24H27Cl2N5O4/c1-24(32)11-31(12-24)22-21-13(9-27-23(30-21)28-14-5-4-6-35-10-14)7-15(29-22)18-19(25)16(33-2)8-17(34-3)20(18)26/h7-9,14,32H,4-6,10-12H2,1-3H3,(H,27,28,30)/t14-/m0/s1. The molecule has 2 aliphatic heterocycles. The molecule has 11 heteroatoms. The van der Waals surface area contributed by atoms with Crippen LogP contribution in [0.25, 0.3) is 22.2 Å². The van der Waals surface area contributed by atoms with Crippen LogP contribution in [0.4, 0.5) is 11.8 Å². The van der Waals surface area contributed by atoms with Gasteiger partial charge in [0.25, 0.3) is 0 Å². The Morgan fingerprint density at radius 3 is 2.46 bits per heavy atom. The molecule has 0 amide bonds. The van der Waals surface area contributed by atoms with Crippen LogP contribution in [0.3, 0.4) is 0 Å². The molecule has 5 rings (SSSR count). The Morgan fingerprint density at radius 2 is 1.86 bits per heavy atom. The number of anilines is 2. The van der Waals surface area contributed by atoms with Gasteiger partial charge in [0.15, 0.2) is 5.82 Å². The molecule has 9 nitrogen and oxygen atoms in total. The highest BCUT2D eigenvalue weighted by Crippen LogP contribution is 2.46.